The number of fused-ring (bicyclic) bond motifs is 1. The van der Waals surface area contributed by atoms with Crippen LogP contribution in [0.15, 0.2) is 54.7 Å². The molecule has 6 nitrogen and oxygen atoms in total. The Hall–Kier alpha value is -2.80. The summed E-state index contributed by atoms with van der Waals surface area (Å²) in [7, 11) is 0. The zero-order valence-electron chi connectivity index (χ0n) is 23.0. The zero-order valence-corrected chi connectivity index (χ0v) is 24.5. The molecule has 1 N–H and O–H groups in total. The second kappa shape index (κ2) is 13.2. The minimum atomic E-state index is -0.231. The maximum Gasteiger partial charge on any atom is 0.323 e. The number of nitrogens with one attached hydrogen (secondary N) is 1. The van der Waals surface area contributed by atoms with Crippen LogP contribution in [0.1, 0.15) is 56.1 Å². The third-order valence-corrected chi connectivity index (χ3v) is 9.17. The Balaban J connectivity index is 1.15. The van der Waals surface area contributed by atoms with Crippen LogP contribution in [0.25, 0.3) is 17.0 Å². The van der Waals surface area contributed by atoms with E-state index < -0.39 is 0 Å². The Morgan fingerprint density at radius 1 is 1.02 bits per heavy atom. The molecule has 0 spiro atoms. The molecular weight excluding hydrogens is 545 g/mol. The smallest absolute Gasteiger partial charge is 0.323 e. The number of halogens is 2. The van der Waals surface area contributed by atoms with Crippen molar-refractivity contribution < 1.29 is 14.3 Å². The van der Waals surface area contributed by atoms with Crippen molar-refractivity contribution in [2.45, 2.75) is 51.0 Å². The van der Waals surface area contributed by atoms with Crippen molar-refractivity contribution in [2.75, 3.05) is 32.8 Å². The zero-order chi connectivity index (χ0) is 28.1. The number of H-pyrrole nitrogens is 1. The highest BCUT2D eigenvalue weighted by Gasteiger charge is 2.35. The lowest BCUT2D eigenvalue weighted by Gasteiger charge is -2.39. The lowest BCUT2D eigenvalue weighted by atomic mass is 9.86. The number of amides is 1. The molecule has 1 aromatic heterocycles. The number of nitrogens with zero attached hydrogens (tertiary/aromatic N) is 2. The van der Waals surface area contributed by atoms with Crippen molar-refractivity contribution in [1.29, 1.82) is 0 Å². The second-order valence-corrected chi connectivity index (χ2v) is 11.7. The van der Waals surface area contributed by atoms with Gasteiger partial charge in [0.2, 0.25) is 5.91 Å². The van der Waals surface area contributed by atoms with E-state index in [1.165, 1.54) is 16.5 Å². The third kappa shape index (κ3) is 6.73. The molecule has 2 saturated heterocycles. The summed E-state index contributed by atoms with van der Waals surface area (Å²) in [6, 6.07) is 13.5. The van der Waals surface area contributed by atoms with Crippen molar-refractivity contribution in [3.05, 3.63) is 75.9 Å². The predicted molar refractivity (Wildman–Crippen MR) is 162 cm³/mol. The number of rotatable bonds is 8. The van der Waals surface area contributed by atoms with E-state index in [2.05, 4.69) is 40.3 Å². The first-order chi connectivity index (χ1) is 19.4. The van der Waals surface area contributed by atoms with Gasteiger partial charge in [-0.1, -0.05) is 47.5 Å². The number of para-hydroxylation sites is 1. The summed E-state index contributed by atoms with van der Waals surface area (Å²) in [5.74, 6) is 0.743. The van der Waals surface area contributed by atoms with E-state index in [4.69, 9.17) is 27.9 Å². The number of carbonyl (C=O) groups excluding carboxylic acids is 2. The van der Waals surface area contributed by atoms with Crippen LogP contribution in [-0.4, -0.2) is 65.5 Å². The molecule has 2 fully saturated rings. The molecule has 8 heteroatoms. The van der Waals surface area contributed by atoms with E-state index in [0.29, 0.717) is 41.6 Å². The quantitative estimate of drug-likeness (QED) is 0.231. The third-order valence-electron chi connectivity index (χ3n) is 8.43. The number of esters is 1. The number of likely N-dealkylation sites (tertiary alicyclic amines) is 2. The first-order valence-corrected chi connectivity index (χ1v) is 15.1. The number of ether oxygens (including phenoxy) is 1. The Morgan fingerprint density at radius 3 is 2.50 bits per heavy atom. The molecule has 212 valence electrons. The topological polar surface area (TPSA) is 65.6 Å². The number of hydrogen-bond donors (Lipinski definition) is 1. The molecule has 2 aromatic carbocycles. The van der Waals surface area contributed by atoms with Gasteiger partial charge in [-0.2, -0.15) is 0 Å². The fourth-order valence-corrected chi connectivity index (χ4v) is 6.49. The van der Waals surface area contributed by atoms with Crippen LogP contribution in [0.2, 0.25) is 10.0 Å². The Morgan fingerprint density at radius 2 is 1.77 bits per heavy atom. The van der Waals surface area contributed by atoms with E-state index in [0.717, 1.165) is 50.8 Å². The number of aromatic nitrogens is 1. The minimum absolute atomic E-state index is 0.00850. The summed E-state index contributed by atoms with van der Waals surface area (Å²) >= 11 is 12.1. The molecule has 2 aliphatic heterocycles. The largest absolute Gasteiger partial charge is 0.465 e. The molecule has 1 amide bonds. The molecule has 0 saturated carbocycles. The molecule has 1 atom stereocenters. The fraction of sp³-hybridized carbons (Fsp3) is 0.438. The molecular formula is C32H37Cl2N3O3. The molecule has 1 unspecified atom stereocenters. The average Bonchev–Trinajstić information content (AvgIpc) is 3.41. The molecule has 2 aliphatic rings. The van der Waals surface area contributed by atoms with Gasteiger partial charge in [0.25, 0.3) is 0 Å². The molecule has 40 heavy (non-hydrogen) atoms. The summed E-state index contributed by atoms with van der Waals surface area (Å²) in [5.41, 5.74) is 3.40. The first kappa shape index (κ1) is 28.7. The van der Waals surface area contributed by atoms with Crippen LogP contribution in [0.4, 0.5) is 0 Å². The van der Waals surface area contributed by atoms with Crippen molar-refractivity contribution in [1.82, 2.24) is 14.8 Å². The standard InChI is InChI=1S/C32H37Cl2N3O3/c1-2-40-32(39)30(36-17-13-24(14-18-36)26-21-35-29-6-4-3-5-25(26)29)20-23-11-15-37(16-12-23)31(38)10-8-22-7-9-27(33)28(34)19-22/h3-10,19,21,23-24,30,35H,2,11-18,20H2,1H3/b10-8+. The highest BCUT2D eigenvalue weighted by atomic mass is 35.5. The molecule has 3 aromatic rings. The SMILES string of the molecule is CCOC(=O)C(CC1CCN(C(=O)/C=C/c2ccc(Cl)c(Cl)c2)CC1)N1CCC(c2c[nH]c3ccccc23)CC1. The van der Waals surface area contributed by atoms with E-state index in [9.17, 15) is 9.59 Å². The second-order valence-electron chi connectivity index (χ2n) is 10.9. The van der Waals surface area contributed by atoms with Crippen molar-refractivity contribution in [2.24, 2.45) is 5.92 Å². The number of benzene rings is 2. The minimum Gasteiger partial charge on any atom is -0.465 e. The number of piperidine rings is 2. The van der Waals surface area contributed by atoms with Gasteiger partial charge < -0.3 is 14.6 Å². The van der Waals surface area contributed by atoms with Gasteiger partial charge in [0.1, 0.15) is 6.04 Å². The van der Waals surface area contributed by atoms with Gasteiger partial charge in [-0.25, -0.2) is 0 Å². The Labute approximate surface area is 246 Å². The molecule has 0 bridgehead atoms. The first-order valence-electron chi connectivity index (χ1n) is 14.3. The van der Waals surface area contributed by atoms with Crippen LogP contribution in [0.3, 0.4) is 0 Å². The van der Waals surface area contributed by atoms with Crippen LogP contribution >= 0.6 is 23.2 Å². The monoisotopic (exact) mass is 581 g/mol. The van der Waals surface area contributed by atoms with E-state index >= 15 is 0 Å². The van der Waals surface area contributed by atoms with Crippen LogP contribution in [0, 0.1) is 5.92 Å². The van der Waals surface area contributed by atoms with Gasteiger partial charge >= 0.3 is 5.97 Å². The summed E-state index contributed by atoms with van der Waals surface area (Å²) in [6.07, 6.45) is 10.1. The van der Waals surface area contributed by atoms with Gasteiger partial charge in [-0.3, -0.25) is 14.5 Å². The van der Waals surface area contributed by atoms with Crippen LogP contribution in [-0.2, 0) is 14.3 Å². The van der Waals surface area contributed by atoms with E-state index in [1.54, 1.807) is 24.3 Å². The average molecular weight is 583 g/mol. The number of hydrogen-bond acceptors (Lipinski definition) is 4. The van der Waals surface area contributed by atoms with Crippen LogP contribution < -0.4 is 0 Å². The normalized spacial score (nSPS) is 18.4. The maximum absolute atomic E-state index is 13.1. The van der Waals surface area contributed by atoms with Gasteiger partial charge in [0.05, 0.1) is 16.7 Å². The summed E-state index contributed by atoms with van der Waals surface area (Å²) in [5, 5.41) is 2.26. The van der Waals surface area contributed by atoms with Gasteiger partial charge in [0.15, 0.2) is 0 Å². The van der Waals surface area contributed by atoms with Crippen molar-refractivity contribution in [3.8, 4) is 0 Å². The lowest BCUT2D eigenvalue weighted by molar-refractivity contribution is -0.151. The van der Waals surface area contributed by atoms with Gasteiger partial charge in [-0.05, 0) is 99.4 Å². The van der Waals surface area contributed by atoms with Crippen molar-refractivity contribution in [3.63, 3.8) is 0 Å². The molecule has 5 rings (SSSR count). The molecule has 0 aliphatic carbocycles. The summed E-state index contributed by atoms with van der Waals surface area (Å²) < 4.78 is 5.53. The lowest BCUT2D eigenvalue weighted by Crippen LogP contribution is -2.48. The van der Waals surface area contributed by atoms with E-state index in [-0.39, 0.29) is 17.9 Å². The summed E-state index contributed by atoms with van der Waals surface area (Å²) in [6.45, 7) is 5.39. The Bertz CT molecular complexity index is 1350. The maximum atomic E-state index is 13.1. The molecule has 0 radical (unpaired) electrons. The highest BCUT2D eigenvalue weighted by Crippen LogP contribution is 2.35. The van der Waals surface area contributed by atoms with Gasteiger partial charge in [-0.15, -0.1) is 0 Å². The predicted octanol–water partition coefficient (Wildman–Crippen LogP) is 6.93. The number of aromatic amines is 1. The number of carbonyl (C=O) groups is 2. The van der Waals surface area contributed by atoms with Crippen molar-refractivity contribution >= 4 is 52.1 Å². The Kier molecular flexibility index (Phi) is 9.51. The fourth-order valence-electron chi connectivity index (χ4n) is 6.18. The highest BCUT2D eigenvalue weighted by molar-refractivity contribution is 6.42. The van der Waals surface area contributed by atoms with Crippen LogP contribution in [0.5, 0.6) is 0 Å². The van der Waals surface area contributed by atoms with Gasteiger partial charge in [0, 0.05) is 36.3 Å². The summed E-state index contributed by atoms with van der Waals surface area (Å²) in [4.78, 5) is 33.5. The van der Waals surface area contributed by atoms with E-state index in [1.807, 2.05) is 17.9 Å². The molecule has 3 heterocycles.